The maximum atomic E-state index is 13.7. The number of amides is 4. The lowest BCUT2D eigenvalue weighted by molar-refractivity contribution is -0.136. The number of alkyl carbamates (subject to hydrolysis) is 2. The molecule has 4 unspecified atom stereocenters. The summed E-state index contributed by atoms with van der Waals surface area (Å²) in [6.07, 6.45) is 3.69. The normalized spacial score (nSPS) is 17.0. The molecule has 0 spiro atoms. The predicted molar refractivity (Wildman–Crippen MR) is 264 cm³/mol. The van der Waals surface area contributed by atoms with Crippen molar-refractivity contribution >= 4 is 24.0 Å². The van der Waals surface area contributed by atoms with Crippen molar-refractivity contribution in [2.75, 3.05) is 27.3 Å². The molecule has 0 saturated carbocycles. The Balaban J connectivity index is 1.04. The highest BCUT2D eigenvalue weighted by Crippen LogP contribution is 2.37. The van der Waals surface area contributed by atoms with Crippen LogP contribution in [0.25, 0.3) is 50.8 Å². The molecule has 5 heterocycles. The molecule has 4 amide bonds. The molecule has 2 aliphatic heterocycles. The standard InChI is InChI=1S/C53H64N10O6/c1-31(2)44(56-51(66)68-8)49(64)61-28-10-12-42(61)47-54-30-39(55-47)33-14-16-34(17-15-33)40-26-27-41(63(40)38-24-22-37(23-25-38)53(5,6)7)35-18-20-36(21-19-35)46-58-48(60-59-46)43-13-11-29-62(43)50(65)45(32(3)4)57-52(67)69-9/h14-27,30-32,42-45H,10-13,28-29H2,1-9H3,(H,54,55)(H,56,66)(H,57,67)(H,58,59,60). The van der Waals surface area contributed by atoms with E-state index in [0.29, 0.717) is 30.6 Å². The van der Waals surface area contributed by atoms with Gasteiger partial charge in [-0.2, -0.15) is 5.10 Å². The number of hydrogen-bond acceptors (Lipinski definition) is 9. The monoisotopic (exact) mass is 937 g/mol. The third-order valence-electron chi connectivity index (χ3n) is 13.4. The summed E-state index contributed by atoms with van der Waals surface area (Å²) in [5.41, 5.74) is 8.96. The number of nitrogens with one attached hydrogen (secondary N) is 4. The van der Waals surface area contributed by atoms with Gasteiger partial charge in [0.05, 0.1) is 49.6 Å². The number of carbonyl (C=O) groups is 4. The molecule has 3 aromatic heterocycles. The number of carbonyl (C=O) groups excluding carboxylic acids is 4. The zero-order valence-corrected chi connectivity index (χ0v) is 41.0. The molecule has 2 saturated heterocycles. The van der Waals surface area contributed by atoms with E-state index in [9.17, 15) is 19.2 Å². The van der Waals surface area contributed by atoms with E-state index >= 15 is 0 Å². The summed E-state index contributed by atoms with van der Waals surface area (Å²) in [5.74, 6) is 1.28. The number of likely N-dealkylation sites (tertiary alicyclic amines) is 2. The van der Waals surface area contributed by atoms with Crippen LogP contribution in [0.3, 0.4) is 0 Å². The Morgan fingerprint density at radius 1 is 0.652 bits per heavy atom. The van der Waals surface area contributed by atoms with E-state index in [0.717, 1.165) is 70.7 Å². The van der Waals surface area contributed by atoms with Crippen LogP contribution in [-0.2, 0) is 24.5 Å². The van der Waals surface area contributed by atoms with Crippen LogP contribution in [0.2, 0.25) is 0 Å². The van der Waals surface area contributed by atoms with Gasteiger partial charge in [-0.1, -0.05) is 109 Å². The molecule has 6 aromatic rings. The molecule has 0 aliphatic carbocycles. The first-order valence-electron chi connectivity index (χ1n) is 23.9. The van der Waals surface area contributed by atoms with E-state index in [1.54, 1.807) is 4.90 Å². The number of ether oxygens (including phenoxy) is 2. The molecule has 0 bridgehead atoms. The van der Waals surface area contributed by atoms with Crippen LogP contribution in [0.1, 0.15) is 103 Å². The summed E-state index contributed by atoms with van der Waals surface area (Å²) in [6, 6.07) is 27.7. The van der Waals surface area contributed by atoms with Gasteiger partial charge in [-0.15, -0.1) is 0 Å². The number of aromatic amines is 2. The first-order chi connectivity index (χ1) is 33.1. The van der Waals surface area contributed by atoms with Crippen molar-refractivity contribution in [3.05, 3.63) is 108 Å². The molecule has 16 nitrogen and oxygen atoms in total. The van der Waals surface area contributed by atoms with Crippen molar-refractivity contribution in [1.29, 1.82) is 0 Å². The van der Waals surface area contributed by atoms with Crippen molar-refractivity contribution in [2.24, 2.45) is 11.8 Å². The highest BCUT2D eigenvalue weighted by atomic mass is 16.5. The largest absolute Gasteiger partial charge is 0.453 e. The van der Waals surface area contributed by atoms with Crippen LogP contribution in [-0.4, -0.2) is 103 Å². The maximum absolute atomic E-state index is 13.7. The van der Waals surface area contributed by atoms with Crippen LogP contribution in [0.15, 0.2) is 91.1 Å². The predicted octanol–water partition coefficient (Wildman–Crippen LogP) is 9.37. The number of imidazole rings is 1. The Bertz CT molecular complexity index is 2610. The van der Waals surface area contributed by atoms with Gasteiger partial charge in [0.1, 0.15) is 23.7 Å². The van der Waals surface area contributed by atoms with E-state index < -0.39 is 24.3 Å². The molecule has 4 atom stereocenters. The molecule has 16 heteroatoms. The highest BCUT2D eigenvalue weighted by Gasteiger charge is 2.39. The van der Waals surface area contributed by atoms with E-state index in [-0.39, 0.29) is 41.1 Å². The number of hydrogen-bond donors (Lipinski definition) is 4. The van der Waals surface area contributed by atoms with Crippen molar-refractivity contribution in [1.82, 2.24) is 50.1 Å². The van der Waals surface area contributed by atoms with Gasteiger partial charge >= 0.3 is 12.2 Å². The fourth-order valence-electron chi connectivity index (χ4n) is 9.48. The number of aromatic nitrogens is 6. The first kappa shape index (κ1) is 48.2. The second kappa shape index (κ2) is 20.2. The van der Waals surface area contributed by atoms with Gasteiger partial charge in [-0.3, -0.25) is 14.7 Å². The van der Waals surface area contributed by atoms with E-state index in [4.69, 9.17) is 19.4 Å². The maximum Gasteiger partial charge on any atom is 0.407 e. The summed E-state index contributed by atoms with van der Waals surface area (Å²) in [4.78, 5) is 68.4. The minimum absolute atomic E-state index is 0.00712. The Hall–Kier alpha value is -7.23. The van der Waals surface area contributed by atoms with E-state index in [1.807, 2.05) is 50.9 Å². The van der Waals surface area contributed by atoms with Gasteiger partial charge in [-0.05, 0) is 89.5 Å². The molecule has 2 aliphatic rings. The lowest BCUT2D eigenvalue weighted by atomic mass is 9.87. The number of H-pyrrole nitrogens is 2. The van der Waals surface area contributed by atoms with Crippen LogP contribution >= 0.6 is 0 Å². The Morgan fingerprint density at radius 3 is 1.61 bits per heavy atom. The Kier molecular flexibility index (Phi) is 14.1. The minimum atomic E-state index is -0.725. The fraction of sp³-hybridized carbons (Fsp3) is 0.415. The smallest absolute Gasteiger partial charge is 0.407 e. The van der Waals surface area contributed by atoms with Gasteiger partial charge in [0.25, 0.3) is 0 Å². The molecular weight excluding hydrogens is 873 g/mol. The second-order valence-corrected chi connectivity index (χ2v) is 19.7. The third kappa shape index (κ3) is 10.2. The van der Waals surface area contributed by atoms with Crippen LogP contribution < -0.4 is 10.6 Å². The summed E-state index contributed by atoms with van der Waals surface area (Å²) < 4.78 is 11.9. The number of rotatable bonds is 13. The van der Waals surface area contributed by atoms with Gasteiger partial charge < -0.3 is 39.5 Å². The topological polar surface area (TPSA) is 192 Å². The average molecular weight is 937 g/mol. The molecule has 4 N–H and O–H groups in total. The summed E-state index contributed by atoms with van der Waals surface area (Å²) in [7, 11) is 2.58. The van der Waals surface area contributed by atoms with Gasteiger partial charge in [0, 0.05) is 24.3 Å². The molecular formula is C53H64N10O6. The van der Waals surface area contributed by atoms with Crippen molar-refractivity contribution in [2.45, 2.75) is 104 Å². The molecule has 0 radical (unpaired) electrons. The molecule has 362 valence electrons. The van der Waals surface area contributed by atoms with Crippen molar-refractivity contribution in [3.8, 4) is 50.8 Å². The lowest BCUT2D eigenvalue weighted by Crippen LogP contribution is -2.51. The third-order valence-corrected chi connectivity index (χ3v) is 13.4. The van der Waals surface area contributed by atoms with Gasteiger partial charge in [0.15, 0.2) is 5.82 Å². The molecule has 3 aromatic carbocycles. The number of nitrogens with zero attached hydrogens (tertiary/aromatic N) is 6. The number of methoxy groups -OCH3 is 2. The zero-order chi connectivity index (χ0) is 49.1. The average Bonchev–Trinajstić information content (AvgIpc) is 4.21. The summed E-state index contributed by atoms with van der Waals surface area (Å²) in [6.45, 7) is 15.4. The summed E-state index contributed by atoms with van der Waals surface area (Å²) in [5, 5.41) is 13.1. The fourth-order valence-corrected chi connectivity index (χ4v) is 9.48. The lowest BCUT2D eigenvalue weighted by Gasteiger charge is -2.30. The van der Waals surface area contributed by atoms with Crippen LogP contribution in [0.4, 0.5) is 9.59 Å². The number of benzene rings is 3. The van der Waals surface area contributed by atoms with E-state index in [1.165, 1.54) is 19.8 Å². The van der Waals surface area contributed by atoms with E-state index in [2.05, 4.69) is 124 Å². The second-order valence-electron chi connectivity index (χ2n) is 19.7. The van der Waals surface area contributed by atoms with Crippen molar-refractivity contribution in [3.63, 3.8) is 0 Å². The Labute approximate surface area is 403 Å². The minimum Gasteiger partial charge on any atom is -0.453 e. The molecule has 8 rings (SSSR count). The quantitative estimate of drug-likeness (QED) is 0.0874. The van der Waals surface area contributed by atoms with Gasteiger partial charge in [0.2, 0.25) is 11.8 Å². The van der Waals surface area contributed by atoms with Crippen LogP contribution in [0, 0.1) is 11.8 Å². The molecule has 2 fully saturated rings. The SMILES string of the molecule is COC(=O)NC(C(=O)N1CCCC1c1nc(-c2ccc(-c3ccc(-c4ccc(-c5cnc(C6CCCN6C(=O)C(NC(=O)OC)C(C)C)[nH]5)cc4)n3-c3ccc(C(C)(C)C)cc3)cc2)n[nH]1)C(C)C. The zero-order valence-electron chi connectivity index (χ0n) is 41.0. The highest BCUT2D eigenvalue weighted by molar-refractivity contribution is 5.87. The first-order valence-corrected chi connectivity index (χ1v) is 23.9. The van der Waals surface area contributed by atoms with Crippen LogP contribution in [0.5, 0.6) is 0 Å². The van der Waals surface area contributed by atoms with Gasteiger partial charge in [-0.25, -0.2) is 19.6 Å². The summed E-state index contributed by atoms with van der Waals surface area (Å²) >= 11 is 0. The Morgan fingerprint density at radius 2 is 1.13 bits per heavy atom. The molecule has 69 heavy (non-hydrogen) atoms. The van der Waals surface area contributed by atoms with Crippen molar-refractivity contribution < 1.29 is 28.7 Å².